The highest BCUT2D eigenvalue weighted by atomic mass is 16.5. The van der Waals surface area contributed by atoms with Gasteiger partial charge in [-0.3, -0.25) is 14.6 Å². The second-order valence-corrected chi connectivity index (χ2v) is 8.31. The van der Waals surface area contributed by atoms with Crippen molar-refractivity contribution in [1.82, 2.24) is 14.8 Å². The summed E-state index contributed by atoms with van der Waals surface area (Å²) in [4.78, 5) is 34.0. The molecule has 0 bridgehead atoms. The number of carbonyl (C=O) groups excluding carboxylic acids is 2. The van der Waals surface area contributed by atoms with Crippen LogP contribution in [0, 0.1) is 0 Å². The van der Waals surface area contributed by atoms with E-state index in [1.807, 2.05) is 23.1 Å². The lowest BCUT2D eigenvalue weighted by Crippen LogP contribution is -2.46. The number of nitrogens with zero attached hydrogens (tertiary/aromatic N) is 3. The molecule has 0 radical (unpaired) electrons. The summed E-state index contributed by atoms with van der Waals surface area (Å²) in [6.07, 6.45) is 8.37. The first-order valence-corrected chi connectivity index (χ1v) is 10.9. The standard InChI is InChI=1S/C22H31N3O4/c26-21-15-24(22(27)20-10-6-12-28-20)13-19(29-16-17-7-4-5-11-23-17)14-25(21)18-8-2-1-3-9-18/h4-5,7,11,18-20H,1-3,6,8-10,12-16H2. The maximum Gasteiger partial charge on any atom is 0.252 e. The first-order chi connectivity index (χ1) is 14.2. The zero-order valence-electron chi connectivity index (χ0n) is 17.0. The molecule has 2 amide bonds. The van der Waals surface area contributed by atoms with Gasteiger partial charge in [0.2, 0.25) is 5.91 Å². The molecule has 0 spiro atoms. The average molecular weight is 402 g/mol. The van der Waals surface area contributed by atoms with Crippen molar-refractivity contribution in [3.63, 3.8) is 0 Å². The molecule has 4 rings (SSSR count). The van der Waals surface area contributed by atoms with Crippen LogP contribution in [0.4, 0.5) is 0 Å². The van der Waals surface area contributed by atoms with Crippen LogP contribution in [0.1, 0.15) is 50.6 Å². The van der Waals surface area contributed by atoms with Gasteiger partial charge in [0, 0.05) is 31.9 Å². The van der Waals surface area contributed by atoms with Crippen LogP contribution in [0.2, 0.25) is 0 Å². The predicted molar refractivity (Wildman–Crippen MR) is 107 cm³/mol. The zero-order chi connectivity index (χ0) is 20.1. The first-order valence-electron chi connectivity index (χ1n) is 10.9. The Kier molecular flexibility index (Phi) is 6.77. The van der Waals surface area contributed by atoms with Crippen molar-refractivity contribution >= 4 is 11.8 Å². The molecule has 2 unspecified atom stereocenters. The highest BCUT2D eigenvalue weighted by Crippen LogP contribution is 2.25. The topological polar surface area (TPSA) is 72.0 Å². The smallest absolute Gasteiger partial charge is 0.252 e. The second kappa shape index (κ2) is 9.67. The fourth-order valence-corrected chi connectivity index (χ4v) is 4.62. The summed E-state index contributed by atoms with van der Waals surface area (Å²) in [6, 6.07) is 6.00. The Hall–Kier alpha value is -1.99. The molecule has 158 valence electrons. The van der Waals surface area contributed by atoms with Crippen molar-refractivity contribution in [2.45, 2.75) is 69.8 Å². The molecule has 2 saturated heterocycles. The van der Waals surface area contributed by atoms with E-state index in [0.29, 0.717) is 26.3 Å². The molecule has 7 nitrogen and oxygen atoms in total. The van der Waals surface area contributed by atoms with Gasteiger partial charge in [-0.2, -0.15) is 0 Å². The number of hydrogen-bond acceptors (Lipinski definition) is 5. The van der Waals surface area contributed by atoms with E-state index in [2.05, 4.69) is 4.98 Å². The maximum absolute atomic E-state index is 13.1. The Balaban J connectivity index is 1.48. The van der Waals surface area contributed by atoms with Gasteiger partial charge >= 0.3 is 0 Å². The van der Waals surface area contributed by atoms with E-state index in [1.165, 1.54) is 6.42 Å². The summed E-state index contributed by atoms with van der Waals surface area (Å²) in [7, 11) is 0. The molecule has 1 aliphatic carbocycles. The lowest BCUT2D eigenvalue weighted by atomic mass is 9.94. The summed E-state index contributed by atoms with van der Waals surface area (Å²) in [5.74, 6) is -0.0417. The minimum absolute atomic E-state index is 0.0344. The van der Waals surface area contributed by atoms with Crippen LogP contribution in [0.5, 0.6) is 0 Å². The van der Waals surface area contributed by atoms with Gasteiger partial charge in [-0.15, -0.1) is 0 Å². The summed E-state index contributed by atoms with van der Waals surface area (Å²) >= 11 is 0. The SMILES string of the molecule is O=C(C1CCCO1)N1CC(=O)N(C2CCCCC2)CC(OCc2ccccn2)C1. The van der Waals surface area contributed by atoms with Crippen LogP contribution < -0.4 is 0 Å². The number of aromatic nitrogens is 1. The van der Waals surface area contributed by atoms with Gasteiger partial charge in [0.1, 0.15) is 6.10 Å². The third-order valence-corrected chi connectivity index (χ3v) is 6.20. The lowest BCUT2D eigenvalue weighted by molar-refractivity contribution is -0.146. The van der Waals surface area contributed by atoms with Crippen LogP contribution >= 0.6 is 0 Å². The molecule has 3 heterocycles. The largest absolute Gasteiger partial charge is 0.368 e. The van der Waals surface area contributed by atoms with Crippen LogP contribution in [0.15, 0.2) is 24.4 Å². The summed E-state index contributed by atoms with van der Waals surface area (Å²) in [6.45, 7) is 2.07. The molecule has 7 heteroatoms. The van der Waals surface area contributed by atoms with Gasteiger partial charge in [-0.1, -0.05) is 25.3 Å². The third kappa shape index (κ3) is 5.14. The van der Waals surface area contributed by atoms with Crippen LogP contribution in [-0.2, 0) is 25.7 Å². The summed E-state index contributed by atoms with van der Waals surface area (Å²) in [5.41, 5.74) is 0.851. The maximum atomic E-state index is 13.1. The van der Waals surface area contributed by atoms with E-state index in [9.17, 15) is 9.59 Å². The van der Waals surface area contributed by atoms with Gasteiger partial charge < -0.3 is 19.3 Å². The average Bonchev–Trinajstić information content (AvgIpc) is 3.24. The van der Waals surface area contributed by atoms with E-state index in [4.69, 9.17) is 9.47 Å². The van der Waals surface area contributed by atoms with Crippen molar-refractivity contribution in [1.29, 1.82) is 0 Å². The quantitative estimate of drug-likeness (QED) is 0.756. The third-order valence-electron chi connectivity index (χ3n) is 6.20. The molecule has 3 fully saturated rings. The van der Waals surface area contributed by atoms with E-state index in [0.717, 1.165) is 44.2 Å². The minimum atomic E-state index is -0.416. The normalized spacial score (nSPS) is 26.6. The number of hydrogen-bond donors (Lipinski definition) is 0. The van der Waals surface area contributed by atoms with Gasteiger partial charge in [-0.25, -0.2) is 0 Å². The number of amides is 2. The monoisotopic (exact) mass is 401 g/mol. The molecule has 1 aromatic rings. The number of pyridine rings is 1. The van der Waals surface area contributed by atoms with E-state index >= 15 is 0 Å². The molecule has 1 saturated carbocycles. The van der Waals surface area contributed by atoms with Gasteiger partial charge in [0.25, 0.3) is 5.91 Å². The van der Waals surface area contributed by atoms with Gasteiger partial charge in [0.05, 0.1) is 24.9 Å². The number of carbonyl (C=O) groups is 2. The molecule has 0 N–H and O–H groups in total. The summed E-state index contributed by atoms with van der Waals surface area (Å²) < 4.78 is 11.8. The zero-order valence-corrected chi connectivity index (χ0v) is 17.0. The van der Waals surface area contributed by atoms with Crippen molar-refractivity contribution in [2.75, 3.05) is 26.2 Å². The molecule has 1 aromatic heterocycles. The molecule has 2 atom stereocenters. The Morgan fingerprint density at radius 3 is 2.72 bits per heavy atom. The highest BCUT2D eigenvalue weighted by Gasteiger charge is 2.37. The molecule has 2 aliphatic heterocycles. The Morgan fingerprint density at radius 2 is 2.00 bits per heavy atom. The molecule has 29 heavy (non-hydrogen) atoms. The molecular weight excluding hydrogens is 370 g/mol. The van der Waals surface area contributed by atoms with Crippen LogP contribution in [-0.4, -0.2) is 71.1 Å². The first kappa shape index (κ1) is 20.3. The lowest BCUT2D eigenvalue weighted by Gasteiger charge is -2.34. The molecule has 0 aromatic carbocycles. The Labute approximate surface area is 172 Å². The van der Waals surface area contributed by atoms with E-state index in [1.54, 1.807) is 11.1 Å². The van der Waals surface area contributed by atoms with Crippen molar-refractivity contribution in [3.05, 3.63) is 30.1 Å². The fraction of sp³-hybridized carbons (Fsp3) is 0.682. The fourth-order valence-electron chi connectivity index (χ4n) is 4.62. The summed E-state index contributed by atoms with van der Waals surface area (Å²) in [5, 5.41) is 0. The number of rotatable bonds is 5. The predicted octanol–water partition coefficient (Wildman–Crippen LogP) is 2.15. The van der Waals surface area contributed by atoms with Crippen molar-refractivity contribution in [3.8, 4) is 0 Å². The second-order valence-electron chi connectivity index (χ2n) is 8.31. The molecule has 3 aliphatic rings. The van der Waals surface area contributed by atoms with Gasteiger partial charge in [-0.05, 0) is 37.8 Å². The number of ether oxygens (including phenoxy) is 2. The Bertz CT molecular complexity index is 687. The van der Waals surface area contributed by atoms with Crippen LogP contribution in [0.3, 0.4) is 0 Å². The van der Waals surface area contributed by atoms with Gasteiger partial charge in [0.15, 0.2) is 0 Å². The van der Waals surface area contributed by atoms with Crippen molar-refractivity contribution in [2.24, 2.45) is 0 Å². The molecular formula is C22H31N3O4. The van der Waals surface area contributed by atoms with Crippen LogP contribution in [0.25, 0.3) is 0 Å². The minimum Gasteiger partial charge on any atom is -0.368 e. The highest BCUT2D eigenvalue weighted by molar-refractivity contribution is 5.87. The Morgan fingerprint density at radius 1 is 1.14 bits per heavy atom. The van der Waals surface area contributed by atoms with Crippen molar-refractivity contribution < 1.29 is 19.1 Å². The van der Waals surface area contributed by atoms with E-state index in [-0.39, 0.29) is 30.5 Å². The van der Waals surface area contributed by atoms with E-state index < -0.39 is 6.10 Å².